The number of piperidine rings is 1. The number of aliphatic hydroxyl groups is 1. The van der Waals surface area contributed by atoms with Crippen LogP contribution in [0.1, 0.15) is 43.7 Å². The van der Waals surface area contributed by atoms with Crippen LogP contribution in [0.2, 0.25) is 0 Å². The molecule has 3 N–H and O–H groups in total. The minimum Gasteiger partial charge on any atom is -0.493 e. The van der Waals surface area contributed by atoms with Crippen molar-refractivity contribution in [2.45, 2.75) is 74.4 Å². The van der Waals surface area contributed by atoms with Crippen LogP contribution in [0.3, 0.4) is 0 Å². The van der Waals surface area contributed by atoms with E-state index in [9.17, 15) is 34.2 Å². The molecule has 1 saturated heterocycles. The number of methoxy groups -OCH3 is 1. The molecule has 0 unspecified atom stereocenters. The third-order valence-corrected chi connectivity index (χ3v) is 8.61. The van der Waals surface area contributed by atoms with Crippen molar-refractivity contribution in [1.82, 2.24) is 4.90 Å². The maximum absolute atomic E-state index is 13.1. The Morgan fingerprint density at radius 3 is 2.50 bits per heavy atom. The first-order chi connectivity index (χ1) is 19.8. The average molecular weight is 590 g/mol. The minimum atomic E-state index is -2.07. The first kappa shape index (κ1) is 29.3. The molecule has 0 amide bonds. The fourth-order valence-electron chi connectivity index (χ4n) is 6.84. The number of likely N-dealkylation sites (N-methyl/N-ethyl adjacent to an activating group) is 1. The summed E-state index contributed by atoms with van der Waals surface area (Å²) < 4.78 is 27.3. The Balaban J connectivity index is 1.41. The predicted octanol–water partition coefficient (Wildman–Crippen LogP) is 0.309. The average Bonchev–Trinajstić information content (AvgIpc) is 3.27. The van der Waals surface area contributed by atoms with Gasteiger partial charge in [0.1, 0.15) is 5.76 Å². The number of benzene rings is 1. The molecule has 42 heavy (non-hydrogen) atoms. The smallest absolute Gasteiger partial charge is 0.348 e. The number of nitrogens with zero attached hydrogens (tertiary/aromatic N) is 1. The summed E-state index contributed by atoms with van der Waals surface area (Å²) in [6.07, 6.45) is -3.98. The van der Waals surface area contributed by atoms with Crippen LogP contribution >= 0.6 is 0 Å². The molecule has 2 bridgehead atoms. The third-order valence-electron chi connectivity index (χ3n) is 8.61. The Hall–Kier alpha value is -4.17. The van der Waals surface area contributed by atoms with Gasteiger partial charge in [-0.1, -0.05) is 6.07 Å². The SMILES string of the molecule is COc1ccc2c3c1O[C@@H]1C(OC(=O)C[C@H](OC(C)=O)C(=O)O[C@@H](CC(=O)O)C(=O)O)=CC[C@]4(O)[C@H](C2)N(C)CC[C@@]314. The van der Waals surface area contributed by atoms with Crippen LogP contribution in [0.15, 0.2) is 24.0 Å². The molecule has 1 spiro atoms. The molecular weight excluding hydrogens is 558 g/mol. The number of rotatable bonds is 10. The van der Waals surface area contributed by atoms with Crippen LogP contribution in [0.25, 0.3) is 0 Å². The Bertz CT molecular complexity index is 1390. The highest BCUT2D eigenvalue weighted by atomic mass is 16.6. The second kappa shape index (κ2) is 10.6. The molecule has 14 nitrogen and oxygen atoms in total. The molecule has 0 saturated carbocycles. The van der Waals surface area contributed by atoms with Gasteiger partial charge in [-0.15, -0.1) is 0 Å². The summed E-state index contributed by atoms with van der Waals surface area (Å²) in [6, 6.07) is 3.51. The van der Waals surface area contributed by atoms with Gasteiger partial charge in [0.05, 0.1) is 31.0 Å². The van der Waals surface area contributed by atoms with Crippen LogP contribution in [0.5, 0.6) is 11.5 Å². The van der Waals surface area contributed by atoms with Gasteiger partial charge in [-0.05, 0) is 44.1 Å². The summed E-state index contributed by atoms with van der Waals surface area (Å²) in [6.45, 7) is 1.61. The number of likely N-dealkylation sites (tertiary alicyclic amines) is 1. The normalized spacial score (nSPS) is 28.2. The van der Waals surface area contributed by atoms with Gasteiger partial charge in [0.15, 0.2) is 17.6 Å². The monoisotopic (exact) mass is 589 g/mol. The summed E-state index contributed by atoms with van der Waals surface area (Å²) in [4.78, 5) is 61.8. The first-order valence-corrected chi connectivity index (χ1v) is 13.3. The maximum Gasteiger partial charge on any atom is 0.348 e. The molecule has 5 rings (SSSR count). The molecular formula is C28H31NO13. The molecule has 226 valence electrons. The highest BCUT2D eigenvalue weighted by Crippen LogP contribution is 2.65. The van der Waals surface area contributed by atoms with Crippen molar-refractivity contribution < 1.29 is 63.0 Å². The molecule has 14 heteroatoms. The van der Waals surface area contributed by atoms with E-state index in [0.29, 0.717) is 30.9 Å². The largest absolute Gasteiger partial charge is 0.493 e. The number of carbonyl (C=O) groups is 5. The summed E-state index contributed by atoms with van der Waals surface area (Å²) >= 11 is 0. The zero-order chi connectivity index (χ0) is 30.6. The number of aliphatic carboxylic acids is 2. The Morgan fingerprint density at radius 1 is 1.12 bits per heavy atom. The van der Waals surface area contributed by atoms with Crippen molar-refractivity contribution in [2.75, 3.05) is 20.7 Å². The van der Waals surface area contributed by atoms with Crippen LogP contribution in [-0.2, 0) is 50.0 Å². The van der Waals surface area contributed by atoms with Gasteiger partial charge in [0.25, 0.3) is 0 Å². The Morgan fingerprint density at radius 2 is 1.86 bits per heavy atom. The lowest BCUT2D eigenvalue weighted by molar-refractivity contribution is -0.181. The molecule has 6 atom stereocenters. The lowest BCUT2D eigenvalue weighted by Gasteiger charge is -2.61. The Labute approximate surface area is 239 Å². The number of ether oxygens (including phenoxy) is 5. The van der Waals surface area contributed by atoms with Crippen LogP contribution in [0.4, 0.5) is 0 Å². The zero-order valence-electron chi connectivity index (χ0n) is 23.2. The van der Waals surface area contributed by atoms with Crippen LogP contribution in [0, 0.1) is 0 Å². The molecule has 1 fully saturated rings. The fourth-order valence-corrected chi connectivity index (χ4v) is 6.84. The predicted molar refractivity (Wildman–Crippen MR) is 138 cm³/mol. The third kappa shape index (κ3) is 4.54. The topological polar surface area (TPSA) is 195 Å². The second-order valence-corrected chi connectivity index (χ2v) is 10.9. The van der Waals surface area contributed by atoms with E-state index in [1.165, 1.54) is 7.11 Å². The van der Waals surface area contributed by atoms with Crippen LogP contribution in [-0.4, -0.2) is 101 Å². The van der Waals surface area contributed by atoms with Crippen LogP contribution < -0.4 is 9.47 Å². The van der Waals surface area contributed by atoms with Crippen molar-refractivity contribution in [3.8, 4) is 11.5 Å². The number of hydrogen-bond donors (Lipinski definition) is 3. The maximum atomic E-state index is 13.1. The van der Waals surface area contributed by atoms with Crippen molar-refractivity contribution >= 4 is 29.8 Å². The summed E-state index contributed by atoms with van der Waals surface area (Å²) in [5.74, 6) is -5.66. The van der Waals surface area contributed by atoms with E-state index in [-0.39, 0.29) is 18.2 Å². The molecule has 4 aliphatic rings. The minimum absolute atomic E-state index is 0.100. The summed E-state index contributed by atoms with van der Waals surface area (Å²) in [5.41, 5.74) is -0.384. The second-order valence-electron chi connectivity index (χ2n) is 10.9. The van der Waals surface area contributed by atoms with E-state index in [1.807, 2.05) is 13.1 Å². The number of carboxylic acids is 2. The van der Waals surface area contributed by atoms with E-state index in [0.717, 1.165) is 18.1 Å². The number of carbonyl (C=O) groups excluding carboxylic acids is 3. The number of hydrogen-bond acceptors (Lipinski definition) is 12. The van der Waals surface area contributed by atoms with Crippen molar-refractivity contribution in [3.63, 3.8) is 0 Å². The molecule has 0 radical (unpaired) electrons. The molecule has 1 aromatic rings. The van der Waals surface area contributed by atoms with Crippen molar-refractivity contribution in [3.05, 3.63) is 35.1 Å². The highest BCUT2D eigenvalue weighted by molar-refractivity contribution is 5.87. The molecule has 0 aromatic heterocycles. The van der Waals surface area contributed by atoms with E-state index in [2.05, 4.69) is 4.90 Å². The lowest BCUT2D eigenvalue weighted by Crippen LogP contribution is -2.74. The van der Waals surface area contributed by atoms with Gasteiger partial charge in [0, 0.05) is 24.9 Å². The first-order valence-electron chi connectivity index (χ1n) is 13.3. The van der Waals surface area contributed by atoms with Gasteiger partial charge in [-0.2, -0.15) is 0 Å². The van der Waals surface area contributed by atoms with E-state index in [4.69, 9.17) is 28.8 Å². The van der Waals surface area contributed by atoms with Gasteiger partial charge in [-0.25, -0.2) is 9.59 Å². The summed E-state index contributed by atoms with van der Waals surface area (Å²) in [5, 5.41) is 30.3. The van der Waals surface area contributed by atoms with E-state index < -0.39 is 72.0 Å². The standard InChI is InChI=1S/C28H31NO13/c1-13(30)39-18(26(36)41-17(25(34)35)11-20(31)32)12-21(33)40-16-6-7-28(37)19-10-14-4-5-15(38-3)23-22(14)27(28,24(16)42-23)8-9-29(19)2/h4-6,17-19,24,37H,7-12H2,1-3H3,(H,31,32)(H,34,35)/t17-,18-,19-,24+,27+,28-/m0/s1. The summed E-state index contributed by atoms with van der Waals surface area (Å²) in [7, 11) is 3.46. The molecule has 2 aliphatic carbocycles. The fraction of sp³-hybridized carbons (Fsp3) is 0.536. The number of esters is 3. The van der Waals surface area contributed by atoms with Gasteiger partial charge in [0.2, 0.25) is 12.2 Å². The van der Waals surface area contributed by atoms with Crippen molar-refractivity contribution in [1.29, 1.82) is 0 Å². The lowest BCUT2D eigenvalue weighted by atomic mass is 9.50. The quantitative estimate of drug-likeness (QED) is 0.249. The number of carboxylic acid groups (broad SMARTS) is 2. The molecule has 2 aliphatic heterocycles. The molecule has 1 aromatic carbocycles. The van der Waals surface area contributed by atoms with Gasteiger partial charge in [-0.3, -0.25) is 14.4 Å². The van der Waals surface area contributed by atoms with Gasteiger partial charge >= 0.3 is 29.8 Å². The highest BCUT2D eigenvalue weighted by Gasteiger charge is 2.72. The Kier molecular flexibility index (Phi) is 7.39. The zero-order valence-corrected chi connectivity index (χ0v) is 23.2. The molecule has 2 heterocycles. The van der Waals surface area contributed by atoms with Crippen molar-refractivity contribution in [2.24, 2.45) is 0 Å². The van der Waals surface area contributed by atoms with E-state index in [1.54, 1.807) is 12.1 Å². The van der Waals surface area contributed by atoms with E-state index >= 15 is 0 Å². The van der Waals surface area contributed by atoms with Gasteiger partial charge < -0.3 is 43.9 Å².